The first-order valence-electron chi connectivity index (χ1n) is 6.49. The lowest BCUT2D eigenvalue weighted by atomic mass is 10.1. The Kier molecular flexibility index (Phi) is 4.70. The average Bonchev–Trinajstić information content (AvgIpc) is 2.61. The number of halogens is 1. The number of benzene rings is 1. The van der Waals surface area contributed by atoms with Gasteiger partial charge < -0.3 is 10.6 Å². The number of amides is 1. The highest BCUT2D eigenvalue weighted by molar-refractivity contribution is 5.78. The summed E-state index contributed by atoms with van der Waals surface area (Å²) in [4.78, 5) is 11.8. The highest BCUT2D eigenvalue weighted by Gasteiger charge is 2.15. The van der Waals surface area contributed by atoms with Crippen LogP contribution in [0, 0.1) is 5.82 Å². The van der Waals surface area contributed by atoms with Crippen LogP contribution in [0.15, 0.2) is 24.3 Å². The van der Waals surface area contributed by atoms with E-state index in [-0.39, 0.29) is 24.2 Å². The van der Waals surface area contributed by atoms with Gasteiger partial charge in [-0.2, -0.15) is 0 Å². The molecule has 1 amide bonds. The Morgan fingerprint density at radius 1 is 1.39 bits per heavy atom. The number of rotatable bonds is 3. The first-order valence-corrected chi connectivity index (χ1v) is 6.49. The Morgan fingerprint density at radius 3 is 3.06 bits per heavy atom. The molecular weight excluding hydrogens is 231 g/mol. The minimum atomic E-state index is -0.313. The molecule has 4 heteroatoms. The number of carbonyl (C=O) groups excluding carboxylic acids is 1. The van der Waals surface area contributed by atoms with Crippen molar-refractivity contribution in [3.63, 3.8) is 0 Å². The Morgan fingerprint density at radius 2 is 2.22 bits per heavy atom. The molecule has 0 bridgehead atoms. The second-order valence-electron chi connectivity index (χ2n) is 4.73. The molecule has 1 saturated heterocycles. The van der Waals surface area contributed by atoms with Gasteiger partial charge in [0.2, 0.25) is 5.91 Å². The number of hydrogen-bond donors (Lipinski definition) is 2. The molecule has 0 spiro atoms. The molecule has 1 aromatic carbocycles. The Hall–Kier alpha value is -1.42. The second kappa shape index (κ2) is 6.50. The van der Waals surface area contributed by atoms with Crippen LogP contribution in [0.25, 0.3) is 0 Å². The van der Waals surface area contributed by atoms with Gasteiger partial charge >= 0.3 is 0 Å². The van der Waals surface area contributed by atoms with Gasteiger partial charge in [0.25, 0.3) is 0 Å². The highest BCUT2D eigenvalue weighted by atomic mass is 19.1. The number of carbonyl (C=O) groups is 1. The molecule has 1 unspecified atom stereocenters. The zero-order valence-electron chi connectivity index (χ0n) is 10.4. The van der Waals surface area contributed by atoms with Crippen LogP contribution in [-0.2, 0) is 11.2 Å². The predicted octanol–water partition coefficient (Wildman–Crippen LogP) is 1.63. The van der Waals surface area contributed by atoms with Gasteiger partial charge in [-0.25, -0.2) is 4.39 Å². The minimum Gasteiger partial charge on any atom is -0.352 e. The summed E-state index contributed by atoms with van der Waals surface area (Å²) < 4.78 is 13.4. The van der Waals surface area contributed by atoms with Gasteiger partial charge in [0.05, 0.1) is 6.42 Å². The lowest BCUT2D eigenvalue weighted by molar-refractivity contribution is -0.121. The minimum absolute atomic E-state index is 0.103. The van der Waals surface area contributed by atoms with Gasteiger partial charge in [-0.3, -0.25) is 4.79 Å². The van der Waals surface area contributed by atoms with E-state index in [0.29, 0.717) is 5.56 Å². The van der Waals surface area contributed by atoms with Crippen molar-refractivity contribution < 1.29 is 9.18 Å². The van der Waals surface area contributed by atoms with E-state index in [1.807, 2.05) is 0 Å². The average molecular weight is 250 g/mol. The fourth-order valence-corrected chi connectivity index (χ4v) is 2.24. The summed E-state index contributed by atoms with van der Waals surface area (Å²) in [5, 5.41) is 6.26. The Labute approximate surface area is 107 Å². The summed E-state index contributed by atoms with van der Waals surface area (Å²) in [6.45, 7) is 1.82. The summed E-state index contributed by atoms with van der Waals surface area (Å²) in [5.41, 5.74) is 0.455. The Balaban J connectivity index is 1.86. The molecule has 2 N–H and O–H groups in total. The fraction of sp³-hybridized carbons (Fsp3) is 0.500. The summed E-state index contributed by atoms with van der Waals surface area (Å²) in [7, 11) is 0. The van der Waals surface area contributed by atoms with Crippen molar-refractivity contribution in [2.75, 3.05) is 13.1 Å². The van der Waals surface area contributed by atoms with Gasteiger partial charge in [0, 0.05) is 12.6 Å². The van der Waals surface area contributed by atoms with Crippen LogP contribution in [0.1, 0.15) is 24.8 Å². The maximum Gasteiger partial charge on any atom is 0.224 e. The van der Waals surface area contributed by atoms with Crippen molar-refractivity contribution >= 4 is 5.91 Å². The molecule has 18 heavy (non-hydrogen) atoms. The van der Waals surface area contributed by atoms with Crippen LogP contribution >= 0.6 is 0 Å². The van der Waals surface area contributed by atoms with Crippen molar-refractivity contribution in [2.45, 2.75) is 31.7 Å². The van der Waals surface area contributed by atoms with E-state index in [0.717, 1.165) is 32.4 Å². The third-order valence-electron chi connectivity index (χ3n) is 3.22. The standard InChI is InChI=1S/C14H19FN2O/c15-13-7-2-1-5-11(13)9-14(18)17-12-6-3-4-8-16-10-12/h1-2,5,7,12,16H,3-4,6,8-10H2,(H,17,18). The third-order valence-corrected chi connectivity index (χ3v) is 3.22. The molecular formula is C14H19FN2O. The van der Waals surface area contributed by atoms with Gasteiger partial charge in [-0.05, 0) is 31.0 Å². The normalized spacial score (nSPS) is 20.2. The molecule has 0 radical (unpaired) electrons. The van der Waals surface area contributed by atoms with E-state index in [1.54, 1.807) is 18.2 Å². The lowest BCUT2D eigenvalue weighted by Gasteiger charge is -2.16. The molecule has 1 aliphatic rings. The van der Waals surface area contributed by atoms with E-state index < -0.39 is 0 Å². The van der Waals surface area contributed by atoms with E-state index >= 15 is 0 Å². The molecule has 1 atom stereocenters. The van der Waals surface area contributed by atoms with Crippen molar-refractivity contribution in [3.8, 4) is 0 Å². The van der Waals surface area contributed by atoms with Gasteiger partial charge in [0.1, 0.15) is 5.82 Å². The molecule has 3 nitrogen and oxygen atoms in total. The number of nitrogens with one attached hydrogen (secondary N) is 2. The SMILES string of the molecule is O=C(Cc1ccccc1F)NC1CCCCNC1. The summed E-state index contributed by atoms with van der Waals surface area (Å²) in [6, 6.07) is 6.59. The number of hydrogen-bond acceptors (Lipinski definition) is 2. The highest BCUT2D eigenvalue weighted by Crippen LogP contribution is 2.08. The molecule has 98 valence electrons. The van der Waals surface area contributed by atoms with E-state index in [2.05, 4.69) is 10.6 Å². The van der Waals surface area contributed by atoms with Crippen LogP contribution in [0.3, 0.4) is 0 Å². The summed E-state index contributed by atoms with van der Waals surface area (Å²) >= 11 is 0. The van der Waals surface area contributed by atoms with Crippen LogP contribution in [0.5, 0.6) is 0 Å². The van der Waals surface area contributed by atoms with Gasteiger partial charge in [-0.1, -0.05) is 24.6 Å². The largest absolute Gasteiger partial charge is 0.352 e. The molecule has 1 aromatic rings. The van der Waals surface area contributed by atoms with Gasteiger partial charge in [-0.15, -0.1) is 0 Å². The maximum atomic E-state index is 13.4. The van der Waals surface area contributed by atoms with Crippen molar-refractivity contribution in [2.24, 2.45) is 0 Å². The fourth-order valence-electron chi connectivity index (χ4n) is 2.24. The molecule has 0 aromatic heterocycles. The van der Waals surface area contributed by atoms with Crippen molar-refractivity contribution in [3.05, 3.63) is 35.6 Å². The topological polar surface area (TPSA) is 41.1 Å². The van der Waals surface area contributed by atoms with Crippen LogP contribution < -0.4 is 10.6 Å². The van der Waals surface area contributed by atoms with E-state index in [4.69, 9.17) is 0 Å². The smallest absolute Gasteiger partial charge is 0.224 e. The van der Waals surface area contributed by atoms with Crippen molar-refractivity contribution in [1.29, 1.82) is 0 Å². The molecule has 1 fully saturated rings. The zero-order valence-corrected chi connectivity index (χ0v) is 10.4. The monoisotopic (exact) mass is 250 g/mol. The van der Waals surface area contributed by atoms with E-state index in [9.17, 15) is 9.18 Å². The maximum absolute atomic E-state index is 13.4. The van der Waals surface area contributed by atoms with Crippen molar-refractivity contribution in [1.82, 2.24) is 10.6 Å². The molecule has 0 aliphatic carbocycles. The lowest BCUT2D eigenvalue weighted by Crippen LogP contribution is -2.41. The first-order chi connectivity index (χ1) is 8.75. The molecule has 0 saturated carbocycles. The zero-order chi connectivity index (χ0) is 12.8. The van der Waals surface area contributed by atoms with Gasteiger partial charge in [0.15, 0.2) is 0 Å². The molecule has 1 heterocycles. The molecule has 2 rings (SSSR count). The Bertz CT molecular complexity index is 401. The van der Waals surface area contributed by atoms with Crippen LogP contribution in [-0.4, -0.2) is 25.0 Å². The quantitative estimate of drug-likeness (QED) is 0.856. The second-order valence-corrected chi connectivity index (χ2v) is 4.73. The summed E-state index contributed by atoms with van der Waals surface area (Å²) in [5.74, 6) is -0.416. The first kappa shape index (κ1) is 13.0. The van der Waals surface area contributed by atoms with Crippen LogP contribution in [0.4, 0.5) is 4.39 Å². The van der Waals surface area contributed by atoms with Crippen LogP contribution in [0.2, 0.25) is 0 Å². The molecule has 1 aliphatic heterocycles. The van der Waals surface area contributed by atoms with E-state index in [1.165, 1.54) is 6.07 Å². The predicted molar refractivity (Wildman–Crippen MR) is 68.8 cm³/mol. The summed E-state index contributed by atoms with van der Waals surface area (Å²) in [6.07, 6.45) is 3.39. The third kappa shape index (κ3) is 3.81.